The number of aliphatic hydroxyl groups excluding tert-OH is 1. The van der Waals surface area contributed by atoms with E-state index in [0.29, 0.717) is 0 Å². The second kappa shape index (κ2) is 8.89. The van der Waals surface area contributed by atoms with Gasteiger partial charge in [0.05, 0.1) is 19.2 Å². The van der Waals surface area contributed by atoms with E-state index in [1.54, 1.807) is 41.5 Å². The number of aliphatic carboxylic acids is 1. The maximum absolute atomic E-state index is 12.7. The van der Waals surface area contributed by atoms with Gasteiger partial charge in [0.2, 0.25) is 0 Å². The number of β-amino-alcohol motifs (C(OH)–C–C–N with tert-alkyl or cyclic N) is 1. The van der Waals surface area contributed by atoms with Crippen molar-refractivity contribution in [3.63, 3.8) is 0 Å². The summed E-state index contributed by atoms with van der Waals surface area (Å²) >= 11 is 0. The first kappa shape index (κ1) is 24.7. The van der Waals surface area contributed by atoms with E-state index in [2.05, 4.69) is 0 Å². The Kier molecular flexibility index (Phi) is 7.09. The van der Waals surface area contributed by atoms with Crippen LogP contribution in [0.25, 0.3) is 0 Å². The van der Waals surface area contributed by atoms with Crippen molar-refractivity contribution in [3.8, 4) is 0 Å². The molecule has 0 aromatic rings. The van der Waals surface area contributed by atoms with Crippen LogP contribution < -0.4 is 0 Å². The summed E-state index contributed by atoms with van der Waals surface area (Å²) in [6.07, 6.45) is -3.51. The molecule has 2 rings (SSSR count). The lowest BCUT2D eigenvalue weighted by Crippen LogP contribution is -2.45. The average molecular weight is 444 g/mol. The minimum Gasteiger partial charge on any atom is -0.480 e. The predicted octanol–water partition coefficient (Wildman–Crippen LogP) is 1.36. The molecule has 176 valence electrons. The number of carbonyl (C=O) groups is 4. The first-order valence-electron chi connectivity index (χ1n) is 10.2. The van der Waals surface area contributed by atoms with Crippen LogP contribution in [0.2, 0.25) is 0 Å². The number of carbonyl (C=O) groups excluding carboxylic acids is 3. The normalized spacial score (nSPS) is 26.5. The highest BCUT2D eigenvalue weighted by Crippen LogP contribution is 2.27. The van der Waals surface area contributed by atoms with Crippen LogP contribution in [0.15, 0.2) is 0 Å². The highest BCUT2D eigenvalue weighted by Gasteiger charge is 2.46. The van der Waals surface area contributed by atoms with Gasteiger partial charge in [-0.25, -0.2) is 19.2 Å². The first-order chi connectivity index (χ1) is 14.1. The van der Waals surface area contributed by atoms with E-state index in [-0.39, 0.29) is 25.9 Å². The van der Waals surface area contributed by atoms with Gasteiger partial charge in [-0.2, -0.15) is 0 Å². The minimum absolute atomic E-state index is 0.0249. The summed E-state index contributed by atoms with van der Waals surface area (Å²) in [5.41, 5.74) is -1.60. The molecule has 31 heavy (non-hydrogen) atoms. The third kappa shape index (κ3) is 6.71. The number of hydrogen-bond acceptors (Lipinski definition) is 8. The molecule has 0 spiro atoms. The smallest absolute Gasteiger partial charge is 0.411 e. The molecular formula is C20H32N2O9. The van der Waals surface area contributed by atoms with Gasteiger partial charge in [0, 0.05) is 12.8 Å². The van der Waals surface area contributed by atoms with Gasteiger partial charge in [-0.15, -0.1) is 0 Å². The highest BCUT2D eigenvalue weighted by atomic mass is 16.6. The Morgan fingerprint density at radius 2 is 1.29 bits per heavy atom. The molecule has 2 fully saturated rings. The van der Waals surface area contributed by atoms with E-state index in [4.69, 9.17) is 14.2 Å². The van der Waals surface area contributed by atoms with Crippen LogP contribution in [0.4, 0.5) is 9.59 Å². The second-order valence-electron chi connectivity index (χ2n) is 9.82. The van der Waals surface area contributed by atoms with Crippen LogP contribution in [0.3, 0.4) is 0 Å². The minimum atomic E-state index is -1.24. The number of esters is 1. The maximum Gasteiger partial charge on any atom is 0.411 e. The van der Waals surface area contributed by atoms with E-state index >= 15 is 0 Å². The lowest BCUT2D eigenvalue weighted by atomic mass is 10.2. The summed E-state index contributed by atoms with van der Waals surface area (Å²) in [4.78, 5) is 51.2. The van der Waals surface area contributed by atoms with Crippen LogP contribution in [0.1, 0.15) is 54.4 Å². The van der Waals surface area contributed by atoms with Crippen molar-refractivity contribution < 1.29 is 43.6 Å². The van der Waals surface area contributed by atoms with Crippen molar-refractivity contribution in [2.75, 3.05) is 13.1 Å². The van der Waals surface area contributed by atoms with E-state index in [1.807, 2.05) is 0 Å². The van der Waals surface area contributed by atoms with E-state index < -0.39 is 59.6 Å². The third-order valence-electron chi connectivity index (χ3n) is 4.64. The van der Waals surface area contributed by atoms with Crippen molar-refractivity contribution in [1.82, 2.24) is 9.80 Å². The van der Waals surface area contributed by atoms with Gasteiger partial charge in [-0.1, -0.05) is 0 Å². The standard InChI is InChI=1S/C20H32N2O9/c1-19(2,3)30-17(27)21-9-11(23)7-14(21)16(26)29-12-8-13(15(24)25)22(10-12)18(28)31-20(4,5)6/h11-14,23H,7-10H2,1-6H3,(H,24,25)/t11-,12-,13-,14-/m0/s1. The lowest BCUT2D eigenvalue weighted by molar-refractivity contribution is -0.154. The van der Waals surface area contributed by atoms with Gasteiger partial charge in [-0.3, -0.25) is 9.80 Å². The summed E-state index contributed by atoms with van der Waals surface area (Å²) in [7, 11) is 0. The Morgan fingerprint density at radius 3 is 1.74 bits per heavy atom. The fourth-order valence-electron chi connectivity index (χ4n) is 3.44. The number of hydrogen-bond donors (Lipinski definition) is 2. The van der Waals surface area contributed by atoms with Crippen molar-refractivity contribution in [2.45, 2.75) is 89.9 Å². The summed E-state index contributed by atoms with van der Waals surface area (Å²) in [6, 6.07) is -2.27. The number of carboxylic acid groups (broad SMARTS) is 1. The Balaban J connectivity index is 2.07. The largest absolute Gasteiger partial charge is 0.480 e. The number of nitrogens with zero attached hydrogens (tertiary/aromatic N) is 2. The molecule has 2 aliphatic rings. The maximum atomic E-state index is 12.7. The van der Waals surface area contributed by atoms with Gasteiger partial charge < -0.3 is 24.4 Å². The third-order valence-corrected chi connectivity index (χ3v) is 4.64. The van der Waals surface area contributed by atoms with E-state index in [1.165, 1.54) is 0 Å². The quantitative estimate of drug-likeness (QED) is 0.487. The van der Waals surface area contributed by atoms with Crippen LogP contribution in [0.5, 0.6) is 0 Å². The molecule has 0 aliphatic carbocycles. The molecular weight excluding hydrogens is 412 g/mol. The Hall–Kier alpha value is -2.56. The molecule has 0 radical (unpaired) electrons. The molecule has 0 aromatic heterocycles. The summed E-state index contributed by atoms with van der Waals surface area (Å²) in [6.45, 7) is 9.78. The lowest BCUT2D eigenvalue weighted by Gasteiger charge is -2.28. The molecule has 2 saturated heterocycles. The van der Waals surface area contributed by atoms with Gasteiger partial charge in [0.1, 0.15) is 29.4 Å². The molecule has 0 aromatic carbocycles. The predicted molar refractivity (Wildman–Crippen MR) is 106 cm³/mol. The molecule has 2 heterocycles. The van der Waals surface area contributed by atoms with Gasteiger partial charge in [-0.05, 0) is 41.5 Å². The Labute approximate surface area is 181 Å². The van der Waals surface area contributed by atoms with Crippen LogP contribution in [-0.2, 0) is 23.8 Å². The molecule has 0 unspecified atom stereocenters. The number of rotatable bonds is 3. The number of amides is 2. The number of ether oxygens (including phenoxy) is 3. The Morgan fingerprint density at radius 1 is 0.806 bits per heavy atom. The van der Waals surface area contributed by atoms with Crippen LogP contribution >= 0.6 is 0 Å². The molecule has 0 saturated carbocycles. The monoisotopic (exact) mass is 444 g/mol. The van der Waals surface area contributed by atoms with Gasteiger partial charge in [0.25, 0.3) is 0 Å². The SMILES string of the molecule is CC(C)(C)OC(=O)N1C[C@@H](OC(=O)[C@@H]2C[C@H](O)CN2C(=O)OC(C)(C)C)C[C@H]1C(=O)O. The summed E-state index contributed by atoms with van der Waals surface area (Å²) in [5.74, 6) is -2.03. The topological polar surface area (TPSA) is 143 Å². The van der Waals surface area contributed by atoms with Crippen LogP contribution in [0, 0.1) is 0 Å². The highest BCUT2D eigenvalue weighted by molar-refractivity contribution is 5.83. The van der Waals surface area contributed by atoms with Crippen molar-refractivity contribution in [2.24, 2.45) is 0 Å². The molecule has 0 bridgehead atoms. The zero-order chi connectivity index (χ0) is 23.7. The first-order valence-corrected chi connectivity index (χ1v) is 10.2. The van der Waals surface area contributed by atoms with E-state index in [9.17, 15) is 29.4 Å². The van der Waals surface area contributed by atoms with E-state index in [0.717, 1.165) is 9.80 Å². The molecule has 2 N–H and O–H groups in total. The molecule has 4 atom stereocenters. The number of likely N-dealkylation sites (tertiary alicyclic amines) is 2. The Bertz CT molecular complexity index is 725. The molecule has 11 nitrogen and oxygen atoms in total. The fraction of sp³-hybridized carbons (Fsp3) is 0.800. The molecule has 2 amide bonds. The van der Waals surface area contributed by atoms with Gasteiger partial charge >= 0.3 is 24.1 Å². The summed E-state index contributed by atoms with van der Waals surface area (Å²) < 4.78 is 16.0. The fourth-order valence-corrected chi connectivity index (χ4v) is 3.44. The molecule has 2 aliphatic heterocycles. The van der Waals surface area contributed by atoms with Crippen molar-refractivity contribution >= 4 is 24.1 Å². The molecule has 11 heteroatoms. The van der Waals surface area contributed by atoms with Crippen LogP contribution in [-0.4, -0.2) is 92.7 Å². The number of aliphatic hydroxyl groups is 1. The summed E-state index contributed by atoms with van der Waals surface area (Å²) in [5, 5.41) is 19.4. The van der Waals surface area contributed by atoms with Crippen molar-refractivity contribution in [1.29, 1.82) is 0 Å². The average Bonchev–Trinajstić information content (AvgIpc) is 3.15. The zero-order valence-electron chi connectivity index (χ0n) is 18.8. The zero-order valence-corrected chi connectivity index (χ0v) is 18.8. The second-order valence-corrected chi connectivity index (χ2v) is 9.82. The van der Waals surface area contributed by atoms with Gasteiger partial charge in [0.15, 0.2) is 0 Å². The number of carboxylic acids is 1. The van der Waals surface area contributed by atoms with Crippen molar-refractivity contribution in [3.05, 3.63) is 0 Å².